The first kappa shape index (κ1) is 13.4. The van der Waals surface area contributed by atoms with Crippen LogP contribution in [0.1, 0.15) is 20.8 Å². The quantitative estimate of drug-likeness (QED) is 0.631. The van der Waals surface area contributed by atoms with Gasteiger partial charge in [-0.25, -0.2) is 0 Å². The molecule has 0 spiro atoms. The molecule has 0 fully saturated rings. The lowest BCUT2D eigenvalue weighted by Gasteiger charge is -2.34. The van der Waals surface area contributed by atoms with Crippen LogP contribution in [-0.2, 0) is 0 Å². The van der Waals surface area contributed by atoms with Gasteiger partial charge in [-0.1, -0.05) is 26.0 Å². The lowest BCUT2D eigenvalue weighted by molar-refractivity contribution is 0.182. The molecule has 0 aliphatic carbocycles. The molecule has 14 heavy (non-hydrogen) atoms. The highest BCUT2D eigenvalue weighted by molar-refractivity contribution is 4.86. The zero-order chi connectivity index (χ0) is 11.2. The second-order valence-electron chi connectivity index (χ2n) is 4.55. The van der Waals surface area contributed by atoms with Crippen molar-refractivity contribution < 1.29 is 0 Å². The summed E-state index contributed by atoms with van der Waals surface area (Å²) in [6, 6.07) is 0.194. The molecule has 0 aliphatic heterocycles. The van der Waals surface area contributed by atoms with Crippen molar-refractivity contribution in [1.29, 1.82) is 0 Å². The van der Waals surface area contributed by atoms with Crippen LogP contribution in [0.3, 0.4) is 0 Å². The molecule has 0 aromatic carbocycles. The highest BCUT2D eigenvalue weighted by atomic mass is 15.1. The van der Waals surface area contributed by atoms with E-state index in [1.807, 2.05) is 12.2 Å². The number of nitrogens with zero attached hydrogens (tertiary/aromatic N) is 1. The minimum absolute atomic E-state index is 0.131. The molecule has 0 saturated carbocycles. The molecule has 0 heterocycles. The summed E-state index contributed by atoms with van der Waals surface area (Å²) in [7, 11) is 0. The Kier molecular flexibility index (Phi) is 5.73. The lowest BCUT2D eigenvalue weighted by atomic mass is 9.85. The van der Waals surface area contributed by atoms with Gasteiger partial charge in [-0.2, -0.15) is 0 Å². The molecule has 0 aliphatic rings. The van der Waals surface area contributed by atoms with Crippen LogP contribution in [-0.4, -0.2) is 30.6 Å². The summed E-state index contributed by atoms with van der Waals surface area (Å²) >= 11 is 0. The first-order valence-electron chi connectivity index (χ1n) is 5.13. The van der Waals surface area contributed by atoms with Gasteiger partial charge in [0.25, 0.3) is 0 Å². The van der Waals surface area contributed by atoms with E-state index in [4.69, 9.17) is 5.73 Å². The predicted molar refractivity (Wildman–Crippen MR) is 64.3 cm³/mol. The minimum Gasteiger partial charge on any atom is -0.327 e. The number of rotatable bonds is 7. The molecule has 1 unspecified atom stereocenters. The molecule has 82 valence electrons. The highest BCUT2D eigenvalue weighted by Gasteiger charge is 2.24. The first-order chi connectivity index (χ1) is 6.44. The topological polar surface area (TPSA) is 29.3 Å². The third-order valence-electron chi connectivity index (χ3n) is 2.64. The molecule has 0 aromatic heterocycles. The maximum Gasteiger partial charge on any atom is 0.0164 e. The molecule has 0 radical (unpaired) electrons. The van der Waals surface area contributed by atoms with E-state index in [1.54, 1.807) is 0 Å². The van der Waals surface area contributed by atoms with E-state index in [9.17, 15) is 0 Å². The largest absolute Gasteiger partial charge is 0.327 e. The average molecular weight is 196 g/mol. The third-order valence-corrected chi connectivity index (χ3v) is 2.64. The second-order valence-corrected chi connectivity index (χ2v) is 4.55. The van der Waals surface area contributed by atoms with Crippen LogP contribution < -0.4 is 5.73 Å². The Bertz CT molecular complexity index is 173. The summed E-state index contributed by atoms with van der Waals surface area (Å²) in [6.07, 6.45) is 3.83. The molecule has 2 heteroatoms. The van der Waals surface area contributed by atoms with Crippen LogP contribution in [0.5, 0.6) is 0 Å². The normalized spacial score (nSPS) is 14.1. The van der Waals surface area contributed by atoms with Crippen LogP contribution in [0.2, 0.25) is 0 Å². The van der Waals surface area contributed by atoms with Gasteiger partial charge in [0, 0.05) is 25.7 Å². The maximum absolute atomic E-state index is 5.93. The average Bonchev–Trinajstić information content (AvgIpc) is 2.04. The van der Waals surface area contributed by atoms with Crippen molar-refractivity contribution in [2.75, 3.05) is 19.6 Å². The molecular formula is C12H24N2. The van der Waals surface area contributed by atoms with Gasteiger partial charge in [-0.3, -0.25) is 4.90 Å². The van der Waals surface area contributed by atoms with Gasteiger partial charge in [-0.15, -0.1) is 13.2 Å². The van der Waals surface area contributed by atoms with Gasteiger partial charge in [0.15, 0.2) is 0 Å². The van der Waals surface area contributed by atoms with Crippen LogP contribution in [0, 0.1) is 5.41 Å². The Morgan fingerprint density at radius 2 is 1.71 bits per heavy atom. The molecule has 1 atom stereocenters. The summed E-state index contributed by atoms with van der Waals surface area (Å²) in [5.41, 5.74) is 6.06. The first-order valence-corrected chi connectivity index (χ1v) is 5.13. The summed E-state index contributed by atoms with van der Waals surface area (Å²) < 4.78 is 0. The summed E-state index contributed by atoms with van der Waals surface area (Å²) in [5.74, 6) is 0. The number of nitrogens with two attached hydrogens (primary N) is 1. The molecule has 2 N–H and O–H groups in total. The van der Waals surface area contributed by atoms with Gasteiger partial charge < -0.3 is 5.73 Å². The van der Waals surface area contributed by atoms with Crippen molar-refractivity contribution >= 4 is 0 Å². The van der Waals surface area contributed by atoms with Crippen molar-refractivity contribution in [1.82, 2.24) is 4.90 Å². The second kappa shape index (κ2) is 5.99. The summed E-state index contributed by atoms with van der Waals surface area (Å²) in [5, 5.41) is 0. The standard InChI is InChI=1S/C12H24N2/c1-6-8-14(9-7-2)10-12(4,5)11(3)13/h6-7,11H,1-2,8-10,13H2,3-5H3. The maximum atomic E-state index is 5.93. The molecule has 2 nitrogen and oxygen atoms in total. The van der Waals surface area contributed by atoms with Crippen molar-refractivity contribution in [3.63, 3.8) is 0 Å². The number of hydrogen-bond donors (Lipinski definition) is 1. The Morgan fingerprint density at radius 1 is 1.29 bits per heavy atom. The van der Waals surface area contributed by atoms with E-state index in [-0.39, 0.29) is 11.5 Å². The van der Waals surface area contributed by atoms with E-state index < -0.39 is 0 Å². The van der Waals surface area contributed by atoms with E-state index >= 15 is 0 Å². The number of hydrogen-bond acceptors (Lipinski definition) is 2. The fraction of sp³-hybridized carbons (Fsp3) is 0.667. The predicted octanol–water partition coefficient (Wildman–Crippen LogP) is 2.03. The van der Waals surface area contributed by atoms with Gasteiger partial charge in [0.2, 0.25) is 0 Å². The third kappa shape index (κ3) is 4.58. The Balaban J connectivity index is 4.26. The summed E-state index contributed by atoms with van der Waals surface area (Å²) in [4.78, 5) is 2.30. The molecule has 0 rings (SSSR count). The molecule has 0 bridgehead atoms. The van der Waals surface area contributed by atoms with E-state index in [0.29, 0.717) is 0 Å². The SMILES string of the molecule is C=CCN(CC=C)CC(C)(C)C(C)N. The van der Waals surface area contributed by atoms with Gasteiger partial charge in [-0.05, 0) is 12.3 Å². The highest BCUT2D eigenvalue weighted by Crippen LogP contribution is 2.20. The van der Waals surface area contributed by atoms with Crippen molar-refractivity contribution in [2.45, 2.75) is 26.8 Å². The Morgan fingerprint density at radius 3 is 2.00 bits per heavy atom. The van der Waals surface area contributed by atoms with Gasteiger partial charge in [0.1, 0.15) is 0 Å². The Labute approximate surface area is 88.5 Å². The monoisotopic (exact) mass is 196 g/mol. The van der Waals surface area contributed by atoms with Gasteiger partial charge in [0.05, 0.1) is 0 Å². The zero-order valence-corrected chi connectivity index (χ0v) is 9.79. The van der Waals surface area contributed by atoms with Crippen molar-refractivity contribution in [3.8, 4) is 0 Å². The smallest absolute Gasteiger partial charge is 0.0164 e. The van der Waals surface area contributed by atoms with E-state index in [1.165, 1.54) is 0 Å². The fourth-order valence-corrected chi connectivity index (χ4v) is 1.29. The minimum atomic E-state index is 0.131. The molecule has 0 aromatic rings. The van der Waals surface area contributed by atoms with Crippen LogP contribution >= 0.6 is 0 Å². The van der Waals surface area contributed by atoms with Gasteiger partial charge >= 0.3 is 0 Å². The van der Waals surface area contributed by atoms with E-state index in [0.717, 1.165) is 19.6 Å². The molecule has 0 saturated heterocycles. The van der Waals surface area contributed by atoms with Crippen LogP contribution in [0.4, 0.5) is 0 Å². The van der Waals surface area contributed by atoms with Crippen molar-refractivity contribution in [2.24, 2.45) is 11.1 Å². The van der Waals surface area contributed by atoms with E-state index in [2.05, 4.69) is 38.8 Å². The molecule has 0 amide bonds. The molecular weight excluding hydrogens is 172 g/mol. The zero-order valence-electron chi connectivity index (χ0n) is 9.79. The van der Waals surface area contributed by atoms with Crippen molar-refractivity contribution in [3.05, 3.63) is 25.3 Å². The Hall–Kier alpha value is -0.600. The lowest BCUT2D eigenvalue weighted by Crippen LogP contribution is -2.44. The van der Waals surface area contributed by atoms with Crippen LogP contribution in [0.25, 0.3) is 0 Å². The summed E-state index contributed by atoms with van der Waals surface area (Å²) in [6.45, 7) is 16.7. The van der Waals surface area contributed by atoms with Crippen LogP contribution in [0.15, 0.2) is 25.3 Å². The fourth-order valence-electron chi connectivity index (χ4n) is 1.29.